The first kappa shape index (κ1) is 19.9. The average Bonchev–Trinajstić information content (AvgIpc) is 2.69. The van der Waals surface area contributed by atoms with Crippen LogP contribution in [0.2, 0.25) is 0 Å². The monoisotopic (exact) mass is 399 g/mol. The molecule has 3 N–H and O–H groups in total. The Morgan fingerprint density at radius 1 is 0.857 bits per heavy atom. The van der Waals surface area contributed by atoms with E-state index in [0.717, 1.165) is 25.7 Å². The zero-order chi connectivity index (χ0) is 19.9. The van der Waals surface area contributed by atoms with E-state index < -0.39 is 11.7 Å². The minimum Gasteiger partial charge on any atom is -0.349 e. The highest BCUT2D eigenvalue weighted by Gasteiger charge is 2.16. The highest BCUT2D eigenvalue weighted by molar-refractivity contribution is 7.80. The molecule has 0 saturated heterocycles. The van der Waals surface area contributed by atoms with Gasteiger partial charge >= 0.3 is 0 Å². The van der Waals surface area contributed by atoms with E-state index in [-0.39, 0.29) is 17.1 Å². The molecule has 1 fully saturated rings. The zero-order valence-corrected chi connectivity index (χ0v) is 16.2. The van der Waals surface area contributed by atoms with Crippen LogP contribution in [0.3, 0.4) is 0 Å². The molecular formula is C21H22FN3O2S. The minimum atomic E-state index is -0.430. The number of carbonyl (C=O) groups excluding carboxylic acids is 2. The second kappa shape index (κ2) is 9.41. The van der Waals surface area contributed by atoms with Crippen molar-refractivity contribution in [2.75, 3.05) is 5.32 Å². The molecule has 7 heteroatoms. The lowest BCUT2D eigenvalue weighted by molar-refractivity contribution is 0.0926. The third-order valence-electron chi connectivity index (χ3n) is 4.68. The molecule has 3 rings (SSSR count). The van der Waals surface area contributed by atoms with Crippen LogP contribution in [-0.2, 0) is 0 Å². The van der Waals surface area contributed by atoms with Crippen molar-refractivity contribution in [3.63, 3.8) is 0 Å². The maximum Gasteiger partial charge on any atom is 0.257 e. The summed E-state index contributed by atoms with van der Waals surface area (Å²) in [7, 11) is 0. The minimum absolute atomic E-state index is 0.0781. The smallest absolute Gasteiger partial charge is 0.257 e. The number of anilines is 1. The second-order valence-electron chi connectivity index (χ2n) is 6.80. The van der Waals surface area contributed by atoms with Gasteiger partial charge in [-0.15, -0.1) is 0 Å². The molecule has 1 aliphatic carbocycles. The lowest BCUT2D eigenvalue weighted by Gasteiger charge is -2.22. The van der Waals surface area contributed by atoms with Crippen molar-refractivity contribution in [1.82, 2.24) is 10.6 Å². The van der Waals surface area contributed by atoms with Crippen molar-refractivity contribution in [1.29, 1.82) is 0 Å². The summed E-state index contributed by atoms with van der Waals surface area (Å²) in [4.78, 5) is 24.4. The van der Waals surface area contributed by atoms with Crippen molar-refractivity contribution in [2.45, 2.75) is 38.1 Å². The third kappa shape index (κ3) is 5.60. The van der Waals surface area contributed by atoms with Crippen LogP contribution in [0, 0.1) is 5.82 Å². The fraction of sp³-hybridized carbons (Fsp3) is 0.286. The van der Waals surface area contributed by atoms with E-state index in [0.29, 0.717) is 16.8 Å². The predicted octanol–water partition coefficient (Wildman–Crippen LogP) is 4.02. The SMILES string of the molecule is O=C(NC(=S)Nc1ccc(C(=O)NC2CCCCC2)cc1)c1ccc(F)cc1. The van der Waals surface area contributed by atoms with Crippen molar-refractivity contribution < 1.29 is 14.0 Å². The Labute approximate surface area is 168 Å². The Balaban J connectivity index is 1.51. The normalized spacial score (nSPS) is 14.2. The lowest BCUT2D eigenvalue weighted by Crippen LogP contribution is -2.36. The lowest BCUT2D eigenvalue weighted by atomic mass is 9.95. The summed E-state index contributed by atoms with van der Waals surface area (Å²) in [5.41, 5.74) is 1.54. The fourth-order valence-electron chi connectivity index (χ4n) is 3.16. The summed E-state index contributed by atoms with van der Waals surface area (Å²) in [6, 6.07) is 12.3. The molecule has 2 aromatic carbocycles. The van der Waals surface area contributed by atoms with Crippen molar-refractivity contribution in [3.05, 3.63) is 65.5 Å². The first-order chi connectivity index (χ1) is 13.5. The number of benzene rings is 2. The maximum absolute atomic E-state index is 12.9. The molecule has 5 nitrogen and oxygen atoms in total. The second-order valence-corrected chi connectivity index (χ2v) is 7.21. The van der Waals surface area contributed by atoms with Gasteiger partial charge in [0.15, 0.2) is 5.11 Å². The molecule has 0 bridgehead atoms. The van der Waals surface area contributed by atoms with Gasteiger partial charge in [-0.1, -0.05) is 19.3 Å². The van der Waals surface area contributed by atoms with Crippen LogP contribution in [0.15, 0.2) is 48.5 Å². The molecule has 146 valence electrons. The summed E-state index contributed by atoms with van der Waals surface area (Å²) in [6.45, 7) is 0. The van der Waals surface area contributed by atoms with Gasteiger partial charge in [0.2, 0.25) is 0 Å². The summed E-state index contributed by atoms with van der Waals surface area (Å²) in [5, 5.41) is 8.62. The number of hydrogen-bond acceptors (Lipinski definition) is 3. The van der Waals surface area contributed by atoms with Crippen LogP contribution in [0.25, 0.3) is 0 Å². The van der Waals surface area contributed by atoms with Crippen molar-refractivity contribution in [2.24, 2.45) is 0 Å². The van der Waals surface area contributed by atoms with Crippen LogP contribution in [0.5, 0.6) is 0 Å². The summed E-state index contributed by atoms with van der Waals surface area (Å²) in [6.07, 6.45) is 5.63. The molecule has 1 aliphatic rings. The largest absolute Gasteiger partial charge is 0.349 e. The van der Waals surface area contributed by atoms with E-state index in [1.54, 1.807) is 24.3 Å². The Morgan fingerprint density at radius 3 is 2.07 bits per heavy atom. The number of thiocarbonyl (C=S) groups is 1. The molecule has 0 atom stereocenters. The van der Waals surface area contributed by atoms with E-state index in [1.807, 2.05) is 0 Å². The fourth-order valence-corrected chi connectivity index (χ4v) is 3.37. The Morgan fingerprint density at radius 2 is 1.43 bits per heavy atom. The molecule has 0 heterocycles. The molecule has 28 heavy (non-hydrogen) atoms. The maximum atomic E-state index is 12.9. The van der Waals surface area contributed by atoms with Crippen LogP contribution in [-0.4, -0.2) is 23.0 Å². The summed E-state index contributed by atoms with van der Waals surface area (Å²) >= 11 is 5.13. The molecule has 0 radical (unpaired) electrons. The van der Waals surface area contributed by atoms with E-state index in [4.69, 9.17) is 12.2 Å². The number of rotatable bonds is 4. The van der Waals surface area contributed by atoms with Crippen molar-refractivity contribution >= 4 is 34.8 Å². The average molecular weight is 399 g/mol. The quantitative estimate of drug-likeness (QED) is 0.680. The summed E-state index contributed by atoms with van der Waals surface area (Å²) in [5.74, 6) is -0.920. The third-order valence-corrected chi connectivity index (χ3v) is 4.88. The van der Waals surface area contributed by atoms with Crippen LogP contribution in [0.4, 0.5) is 10.1 Å². The number of carbonyl (C=O) groups is 2. The summed E-state index contributed by atoms with van der Waals surface area (Å²) < 4.78 is 12.9. The van der Waals surface area contributed by atoms with E-state index in [2.05, 4.69) is 16.0 Å². The van der Waals surface area contributed by atoms with Gasteiger partial charge in [-0.2, -0.15) is 0 Å². The molecule has 1 saturated carbocycles. The van der Waals surface area contributed by atoms with E-state index in [1.165, 1.54) is 30.7 Å². The molecule has 2 amide bonds. The Bertz CT molecular complexity index is 847. The zero-order valence-electron chi connectivity index (χ0n) is 15.3. The Hall–Kier alpha value is -2.80. The predicted molar refractivity (Wildman–Crippen MR) is 111 cm³/mol. The molecule has 0 spiro atoms. The first-order valence-corrected chi connectivity index (χ1v) is 9.71. The molecular weight excluding hydrogens is 377 g/mol. The molecule has 0 unspecified atom stereocenters. The van der Waals surface area contributed by atoms with Gasteiger partial charge in [-0.25, -0.2) is 4.39 Å². The molecule has 2 aromatic rings. The highest BCUT2D eigenvalue weighted by Crippen LogP contribution is 2.18. The molecule has 0 aliphatic heterocycles. The van der Waals surface area contributed by atoms with Gasteiger partial charge in [0.25, 0.3) is 11.8 Å². The van der Waals surface area contributed by atoms with Gasteiger partial charge in [0, 0.05) is 22.9 Å². The van der Waals surface area contributed by atoms with Gasteiger partial charge in [-0.05, 0) is 73.6 Å². The van der Waals surface area contributed by atoms with Gasteiger partial charge in [0.05, 0.1) is 0 Å². The van der Waals surface area contributed by atoms with Crippen LogP contribution >= 0.6 is 12.2 Å². The highest BCUT2D eigenvalue weighted by atomic mass is 32.1. The first-order valence-electron chi connectivity index (χ1n) is 9.30. The Kier molecular flexibility index (Phi) is 6.71. The molecule has 0 aromatic heterocycles. The number of halogens is 1. The van der Waals surface area contributed by atoms with Crippen LogP contribution in [0.1, 0.15) is 52.8 Å². The standard InChI is InChI=1S/C21H22FN3O2S/c22-16-10-6-14(7-11-16)20(27)25-21(28)24-18-12-8-15(9-13-18)19(26)23-17-4-2-1-3-5-17/h6-13,17H,1-5H2,(H,23,26)(H2,24,25,27,28). The number of hydrogen-bond donors (Lipinski definition) is 3. The number of nitrogens with one attached hydrogen (secondary N) is 3. The topological polar surface area (TPSA) is 70.2 Å². The van der Waals surface area contributed by atoms with Gasteiger partial charge in [-0.3, -0.25) is 14.9 Å². The van der Waals surface area contributed by atoms with Crippen LogP contribution < -0.4 is 16.0 Å². The van der Waals surface area contributed by atoms with E-state index in [9.17, 15) is 14.0 Å². The van der Waals surface area contributed by atoms with Gasteiger partial charge < -0.3 is 10.6 Å². The number of amides is 2. The van der Waals surface area contributed by atoms with Crippen molar-refractivity contribution in [3.8, 4) is 0 Å². The van der Waals surface area contributed by atoms with E-state index >= 15 is 0 Å². The van der Waals surface area contributed by atoms with Gasteiger partial charge in [0.1, 0.15) is 5.82 Å².